The molecule has 1 rings (SSSR count). The molecule has 26 heavy (non-hydrogen) atoms. The Hall–Kier alpha value is -0.733. The summed E-state index contributed by atoms with van der Waals surface area (Å²) in [6.45, 7) is 17.1. The van der Waals surface area contributed by atoms with Crippen molar-refractivity contribution in [3.8, 4) is 0 Å². The first-order chi connectivity index (χ1) is 11.8. The zero-order chi connectivity index (χ0) is 20.1. The molecular formula is C18H36BrN3O3Si. The van der Waals surface area contributed by atoms with E-state index in [2.05, 4.69) is 52.7 Å². The Kier molecular flexibility index (Phi) is 8.48. The highest BCUT2D eigenvalue weighted by Crippen LogP contribution is 2.25. The van der Waals surface area contributed by atoms with Crippen LogP contribution in [0.3, 0.4) is 0 Å². The molecule has 0 bridgehead atoms. The molecule has 0 aromatic carbocycles. The number of hydrogen-bond acceptors (Lipinski definition) is 5. The summed E-state index contributed by atoms with van der Waals surface area (Å²) in [5.41, 5.74) is 1.59. The molecule has 0 fully saturated rings. The molecule has 0 aromatic heterocycles. The summed E-state index contributed by atoms with van der Waals surface area (Å²) in [7, 11) is 0.780. The van der Waals surface area contributed by atoms with Gasteiger partial charge in [-0.15, -0.1) is 0 Å². The van der Waals surface area contributed by atoms with Gasteiger partial charge in [0.2, 0.25) is 0 Å². The van der Waals surface area contributed by atoms with Crippen LogP contribution in [0.5, 0.6) is 0 Å². The fourth-order valence-corrected chi connectivity index (χ4v) is 3.62. The number of halogens is 1. The molecule has 1 aliphatic rings. The van der Waals surface area contributed by atoms with Crippen LogP contribution in [0.4, 0.5) is 4.79 Å². The molecule has 0 spiro atoms. The lowest BCUT2D eigenvalue weighted by Gasteiger charge is -2.30. The third kappa shape index (κ3) is 7.88. The van der Waals surface area contributed by atoms with Gasteiger partial charge in [-0.3, -0.25) is 4.90 Å². The van der Waals surface area contributed by atoms with Crippen molar-refractivity contribution >= 4 is 30.1 Å². The van der Waals surface area contributed by atoms with Crippen molar-refractivity contribution in [3.05, 3.63) is 11.4 Å². The molecule has 1 heterocycles. The Balaban J connectivity index is 2.74. The first-order valence-corrected chi connectivity index (χ1v) is 13.8. The van der Waals surface area contributed by atoms with Crippen LogP contribution < -0.4 is 5.32 Å². The van der Waals surface area contributed by atoms with Gasteiger partial charge in [-0.2, -0.15) is 0 Å². The summed E-state index contributed by atoms with van der Waals surface area (Å²) in [5, 5.41) is 3.23. The number of amides is 1. The van der Waals surface area contributed by atoms with Crippen LogP contribution in [0, 0.1) is 0 Å². The summed E-state index contributed by atoms with van der Waals surface area (Å²) < 4.78 is 11.5. The highest BCUT2D eigenvalue weighted by atomic mass is 79.9. The number of hydrogen-bond donors (Lipinski definition) is 1. The largest absolute Gasteiger partial charge is 0.444 e. The molecule has 1 atom stereocenters. The van der Waals surface area contributed by atoms with E-state index in [0.717, 1.165) is 24.0 Å². The van der Waals surface area contributed by atoms with Gasteiger partial charge < -0.3 is 19.7 Å². The molecule has 8 heteroatoms. The van der Waals surface area contributed by atoms with Crippen LogP contribution >= 0.6 is 15.9 Å². The zero-order valence-electron chi connectivity index (χ0n) is 17.6. The van der Waals surface area contributed by atoms with E-state index in [9.17, 15) is 4.79 Å². The first-order valence-electron chi connectivity index (χ1n) is 9.20. The minimum atomic E-state index is -1.11. The first kappa shape index (κ1) is 23.3. The number of rotatable bonds is 8. The molecule has 1 amide bonds. The van der Waals surface area contributed by atoms with E-state index in [4.69, 9.17) is 9.47 Å². The molecule has 0 saturated carbocycles. The van der Waals surface area contributed by atoms with E-state index in [1.54, 1.807) is 4.90 Å². The van der Waals surface area contributed by atoms with Crippen LogP contribution in [0.15, 0.2) is 11.4 Å². The summed E-state index contributed by atoms with van der Waals surface area (Å²) in [4.78, 5) is 16.4. The molecule has 0 radical (unpaired) electrons. The Morgan fingerprint density at radius 2 is 1.96 bits per heavy atom. The minimum Gasteiger partial charge on any atom is -0.444 e. The number of nitrogens with one attached hydrogen (secondary N) is 1. The van der Waals surface area contributed by atoms with Gasteiger partial charge in [-0.05, 0) is 33.7 Å². The van der Waals surface area contributed by atoms with E-state index in [1.165, 1.54) is 0 Å². The average molecular weight is 450 g/mol. The van der Waals surface area contributed by atoms with Crippen molar-refractivity contribution in [3.63, 3.8) is 0 Å². The standard InChI is InChI=1S/C18H36BrN3O3Si/c1-14(19)22(13-24-9-10-26(6,7)8)16-12-21(11-15(16)20-5)17(23)25-18(2,3)4/h14,20H,9-13H2,1-8H3. The molecule has 152 valence electrons. The number of ether oxygens (including phenoxy) is 2. The number of nitrogens with zero attached hydrogens (tertiary/aromatic N) is 2. The average Bonchev–Trinajstić information content (AvgIpc) is 2.87. The number of alkyl halides is 1. The maximum atomic E-state index is 12.4. The second-order valence-corrected chi connectivity index (χ2v) is 15.8. The second-order valence-electron chi connectivity index (χ2n) is 8.90. The van der Waals surface area contributed by atoms with Crippen LogP contribution in [-0.4, -0.2) is 68.0 Å². The fraction of sp³-hybridized carbons (Fsp3) is 0.833. The molecule has 1 aliphatic heterocycles. The van der Waals surface area contributed by atoms with E-state index in [-0.39, 0.29) is 11.0 Å². The lowest BCUT2D eigenvalue weighted by Crippen LogP contribution is -2.38. The monoisotopic (exact) mass is 449 g/mol. The topological polar surface area (TPSA) is 54.0 Å². The number of likely N-dealkylation sites (N-methyl/N-ethyl adjacent to an activating group) is 1. The van der Waals surface area contributed by atoms with E-state index < -0.39 is 13.7 Å². The maximum Gasteiger partial charge on any atom is 0.410 e. The fourth-order valence-electron chi connectivity index (χ4n) is 2.49. The van der Waals surface area contributed by atoms with Crippen LogP contribution in [0.25, 0.3) is 0 Å². The van der Waals surface area contributed by atoms with Gasteiger partial charge in [0.05, 0.1) is 29.4 Å². The van der Waals surface area contributed by atoms with Crippen molar-refractivity contribution in [2.24, 2.45) is 0 Å². The highest BCUT2D eigenvalue weighted by Gasteiger charge is 2.32. The molecule has 1 N–H and O–H groups in total. The Bertz CT molecular complexity index is 513. The molecule has 0 aliphatic carbocycles. The SMILES string of the molecule is CNC1=C(N(COCC[Si](C)(C)C)C(C)Br)CN(C(=O)OC(C)(C)C)C1. The van der Waals surface area contributed by atoms with Gasteiger partial charge in [0.15, 0.2) is 0 Å². The number of carbonyl (C=O) groups excluding carboxylic acids is 1. The Morgan fingerprint density at radius 1 is 1.35 bits per heavy atom. The molecule has 0 aromatic rings. The minimum absolute atomic E-state index is 0.103. The third-order valence-electron chi connectivity index (χ3n) is 3.99. The summed E-state index contributed by atoms with van der Waals surface area (Å²) in [6.07, 6.45) is -0.290. The molecular weight excluding hydrogens is 414 g/mol. The Labute approximate surface area is 168 Å². The van der Waals surface area contributed by atoms with E-state index in [0.29, 0.717) is 19.8 Å². The Morgan fingerprint density at radius 3 is 2.42 bits per heavy atom. The van der Waals surface area contributed by atoms with Gasteiger partial charge in [-0.25, -0.2) is 4.79 Å². The quantitative estimate of drug-likeness (QED) is 0.199. The van der Waals surface area contributed by atoms with Gasteiger partial charge in [0.1, 0.15) is 12.3 Å². The van der Waals surface area contributed by atoms with Crippen molar-refractivity contribution in [1.82, 2.24) is 15.1 Å². The van der Waals surface area contributed by atoms with Crippen LogP contribution in [-0.2, 0) is 9.47 Å². The summed E-state index contributed by atoms with van der Waals surface area (Å²) >= 11 is 3.66. The molecule has 6 nitrogen and oxygen atoms in total. The van der Waals surface area contributed by atoms with E-state index in [1.807, 2.05) is 27.8 Å². The lowest BCUT2D eigenvalue weighted by molar-refractivity contribution is 0.0261. The van der Waals surface area contributed by atoms with Crippen molar-refractivity contribution in [2.45, 2.75) is 63.9 Å². The third-order valence-corrected chi connectivity index (χ3v) is 6.19. The summed E-state index contributed by atoms with van der Waals surface area (Å²) in [6, 6.07) is 1.14. The van der Waals surface area contributed by atoms with Gasteiger partial charge in [-0.1, -0.05) is 35.6 Å². The van der Waals surface area contributed by atoms with Gasteiger partial charge in [0, 0.05) is 21.7 Å². The number of carbonyl (C=O) groups is 1. The maximum absolute atomic E-state index is 12.4. The van der Waals surface area contributed by atoms with E-state index >= 15 is 0 Å². The lowest BCUT2D eigenvalue weighted by atomic mass is 10.2. The van der Waals surface area contributed by atoms with Crippen LogP contribution in [0.1, 0.15) is 27.7 Å². The predicted molar refractivity (Wildman–Crippen MR) is 113 cm³/mol. The molecule has 1 unspecified atom stereocenters. The van der Waals surface area contributed by atoms with Crippen molar-refractivity contribution in [1.29, 1.82) is 0 Å². The second kappa shape index (κ2) is 9.46. The smallest absolute Gasteiger partial charge is 0.410 e. The normalized spacial score (nSPS) is 16.7. The van der Waals surface area contributed by atoms with Crippen molar-refractivity contribution < 1.29 is 14.3 Å². The predicted octanol–water partition coefficient (Wildman–Crippen LogP) is 4.02. The molecule has 0 saturated heterocycles. The van der Waals surface area contributed by atoms with Crippen LogP contribution in [0.2, 0.25) is 25.7 Å². The van der Waals surface area contributed by atoms with Gasteiger partial charge >= 0.3 is 6.09 Å². The van der Waals surface area contributed by atoms with Gasteiger partial charge in [0.25, 0.3) is 0 Å². The zero-order valence-corrected chi connectivity index (χ0v) is 20.2. The summed E-state index contributed by atoms with van der Waals surface area (Å²) in [5.74, 6) is 0. The highest BCUT2D eigenvalue weighted by molar-refractivity contribution is 9.09. The van der Waals surface area contributed by atoms with Crippen molar-refractivity contribution in [2.75, 3.05) is 33.5 Å².